The molecule has 1 aromatic heterocycles. The van der Waals surface area contributed by atoms with Crippen molar-refractivity contribution in [2.45, 2.75) is 6.42 Å². The monoisotopic (exact) mass is 375 g/mol. The van der Waals surface area contributed by atoms with Gasteiger partial charge in [-0.2, -0.15) is 0 Å². The van der Waals surface area contributed by atoms with Crippen LogP contribution in [0.3, 0.4) is 0 Å². The zero-order chi connectivity index (χ0) is 13.1. The largest absolute Gasteiger partial charge is 0.383 e. The Kier molecular flexibility index (Phi) is 4.50. The number of nitrogens with zero attached hydrogens (tertiary/aromatic N) is 3. The number of rotatable bonds is 2. The van der Waals surface area contributed by atoms with Gasteiger partial charge in [0.05, 0.1) is 11.9 Å². The summed E-state index contributed by atoms with van der Waals surface area (Å²) < 4.78 is 2.11. The zero-order valence-electron chi connectivity index (χ0n) is 10.3. The molecule has 1 aliphatic heterocycles. The molecule has 0 saturated heterocycles. The Balaban J connectivity index is 2.47. The number of aromatic nitrogens is 1. The third-order valence-electron chi connectivity index (χ3n) is 2.69. The molecular formula is C12H14IN3OS. The van der Waals surface area contributed by atoms with Gasteiger partial charge in [0.25, 0.3) is 0 Å². The van der Waals surface area contributed by atoms with E-state index in [4.69, 9.17) is 0 Å². The fourth-order valence-electron chi connectivity index (χ4n) is 1.91. The molecule has 1 aromatic rings. The van der Waals surface area contributed by atoms with E-state index in [-0.39, 0.29) is 5.78 Å². The van der Waals surface area contributed by atoms with Gasteiger partial charge in [-0.25, -0.2) is 0 Å². The van der Waals surface area contributed by atoms with Gasteiger partial charge in [0, 0.05) is 74.5 Å². The third kappa shape index (κ3) is 2.80. The van der Waals surface area contributed by atoms with Gasteiger partial charge in [0.15, 0.2) is 5.78 Å². The van der Waals surface area contributed by atoms with Crippen LogP contribution in [0.4, 0.5) is 5.69 Å². The minimum atomic E-state index is 0.106. The molecule has 4 nitrogen and oxygen atoms in total. The highest BCUT2D eigenvalue weighted by Crippen LogP contribution is 2.34. The van der Waals surface area contributed by atoms with Crippen LogP contribution in [0.15, 0.2) is 30.2 Å². The maximum absolute atomic E-state index is 12.5. The summed E-state index contributed by atoms with van der Waals surface area (Å²) in [6.45, 7) is 0.817. The fraction of sp³-hybridized carbons (Fsp3) is 0.333. The van der Waals surface area contributed by atoms with E-state index >= 15 is 0 Å². The number of hydrogen-bond acceptors (Lipinski definition) is 5. The molecule has 0 N–H and O–H groups in total. The van der Waals surface area contributed by atoms with Gasteiger partial charge in [0.2, 0.25) is 0 Å². The first-order chi connectivity index (χ1) is 8.63. The van der Waals surface area contributed by atoms with Crippen molar-refractivity contribution >= 4 is 41.8 Å². The molecule has 0 spiro atoms. The van der Waals surface area contributed by atoms with Gasteiger partial charge in [-0.15, -0.1) is 0 Å². The molecule has 2 rings (SSSR count). The highest BCUT2D eigenvalue weighted by Gasteiger charge is 2.24. The summed E-state index contributed by atoms with van der Waals surface area (Å²) in [5, 5.41) is 0. The summed E-state index contributed by atoms with van der Waals surface area (Å²) in [7, 11) is 5.46. The van der Waals surface area contributed by atoms with Crippen molar-refractivity contribution in [3.8, 4) is 0 Å². The van der Waals surface area contributed by atoms with Crippen molar-refractivity contribution in [3.63, 3.8) is 0 Å². The molecule has 0 saturated carbocycles. The quantitative estimate of drug-likeness (QED) is 0.451. The molecule has 1 aliphatic rings. The minimum absolute atomic E-state index is 0.106. The summed E-state index contributed by atoms with van der Waals surface area (Å²) in [4.78, 5) is 18.5. The molecule has 0 bridgehead atoms. The average molecular weight is 375 g/mol. The standard InChI is InChI=1S/C12H14IN3OS/c1-15(2)8-9-4-6-16(18-13)11-7-14-5-3-10(11)12(9)17/h3,5,7-8H,4,6H2,1-2H3/b9-8-. The average Bonchev–Trinajstić information content (AvgIpc) is 2.49. The van der Waals surface area contributed by atoms with Crippen molar-refractivity contribution in [2.75, 3.05) is 24.9 Å². The highest BCUT2D eigenvalue weighted by molar-refractivity contribution is 14.2. The predicted octanol–water partition coefficient (Wildman–Crippen LogP) is 2.92. The van der Waals surface area contributed by atoms with E-state index in [0.29, 0.717) is 0 Å². The SMILES string of the molecule is CN(C)/C=C1/CCN(SI)c2cnccc2C1=O. The van der Waals surface area contributed by atoms with Gasteiger partial charge in [-0.3, -0.25) is 9.78 Å². The van der Waals surface area contributed by atoms with Crippen LogP contribution in [0, 0.1) is 0 Å². The van der Waals surface area contributed by atoms with Gasteiger partial charge in [-0.1, -0.05) is 0 Å². The smallest absolute Gasteiger partial charge is 0.192 e. The second-order valence-electron chi connectivity index (χ2n) is 4.26. The Morgan fingerprint density at radius 3 is 3.00 bits per heavy atom. The number of anilines is 1. The lowest BCUT2D eigenvalue weighted by atomic mass is 10.0. The van der Waals surface area contributed by atoms with Crippen molar-refractivity contribution in [1.29, 1.82) is 0 Å². The van der Waals surface area contributed by atoms with Gasteiger partial charge in [-0.05, 0) is 12.5 Å². The van der Waals surface area contributed by atoms with E-state index in [1.54, 1.807) is 27.6 Å². The molecule has 2 heterocycles. The van der Waals surface area contributed by atoms with Gasteiger partial charge >= 0.3 is 0 Å². The molecular weight excluding hydrogens is 361 g/mol. The van der Waals surface area contributed by atoms with Crippen LogP contribution in [0.2, 0.25) is 0 Å². The Morgan fingerprint density at radius 2 is 2.33 bits per heavy atom. The number of carbonyl (C=O) groups is 1. The summed E-state index contributed by atoms with van der Waals surface area (Å²) in [6, 6.07) is 1.80. The maximum atomic E-state index is 12.5. The number of hydrogen-bond donors (Lipinski definition) is 0. The van der Waals surface area contributed by atoms with Gasteiger partial charge in [0.1, 0.15) is 0 Å². The topological polar surface area (TPSA) is 36.4 Å². The number of Topliss-reactive ketones (excluding diaryl/α,β-unsaturated/α-hetero) is 1. The summed E-state index contributed by atoms with van der Waals surface area (Å²) in [5.74, 6) is 0.106. The Labute approximate surface area is 123 Å². The van der Waals surface area contributed by atoms with Crippen molar-refractivity contribution in [2.24, 2.45) is 0 Å². The van der Waals surface area contributed by atoms with Crippen LogP contribution in [0.5, 0.6) is 0 Å². The first-order valence-corrected chi connectivity index (χ1v) is 8.87. The lowest BCUT2D eigenvalue weighted by molar-refractivity contribution is 0.103. The number of pyridine rings is 1. The maximum Gasteiger partial charge on any atom is 0.192 e. The molecule has 6 heteroatoms. The van der Waals surface area contributed by atoms with Crippen molar-refractivity contribution < 1.29 is 4.79 Å². The lowest BCUT2D eigenvalue weighted by Gasteiger charge is -2.18. The first kappa shape index (κ1) is 13.7. The highest BCUT2D eigenvalue weighted by atomic mass is 127. The molecule has 96 valence electrons. The van der Waals surface area contributed by atoms with Crippen molar-refractivity contribution in [1.82, 2.24) is 9.88 Å². The van der Waals surface area contributed by atoms with E-state index < -0.39 is 0 Å². The normalized spacial score (nSPS) is 17.6. The van der Waals surface area contributed by atoms with E-state index in [1.807, 2.05) is 25.2 Å². The Bertz CT molecular complexity index is 490. The molecule has 0 fully saturated rings. The van der Waals surface area contributed by atoms with Crippen LogP contribution in [-0.2, 0) is 0 Å². The minimum Gasteiger partial charge on any atom is -0.383 e. The summed E-state index contributed by atoms with van der Waals surface area (Å²) >= 11 is 2.23. The van der Waals surface area contributed by atoms with E-state index in [9.17, 15) is 4.79 Å². The fourth-order valence-corrected chi connectivity index (χ4v) is 3.52. The van der Waals surface area contributed by atoms with Crippen LogP contribution in [-0.4, -0.2) is 36.3 Å². The Morgan fingerprint density at radius 1 is 1.56 bits per heavy atom. The number of fused-ring (bicyclic) bond motifs is 1. The number of halogens is 1. The lowest BCUT2D eigenvalue weighted by Crippen LogP contribution is -2.13. The zero-order valence-corrected chi connectivity index (χ0v) is 13.2. The van der Waals surface area contributed by atoms with E-state index in [0.717, 1.165) is 29.8 Å². The predicted molar refractivity (Wildman–Crippen MR) is 83.9 cm³/mol. The third-order valence-corrected chi connectivity index (χ3v) is 4.66. The van der Waals surface area contributed by atoms with E-state index in [2.05, 4.69) is 30.5 Å². The molecule has 0 amide bonds. The molecule has 0 unspecified atom stereocenters. The van der Waals surface area contributed by atoms with Crippen molar-refractivity contribution in [3.05, 3.63) is 35.8 Å². The number of carbonyl (C=O) groups excluding carboxylic acids is 1. The molecule has 18 heavy (non-hydrogen) atoms. The first-order valence-electron chi connectivity index (χ1n) is 5.55. The second-order valence-corrected chi connectivity index (χ2v) is 6.02. The molecule has 0 radical (unpaired) electrons. The molecule has 0 aromatic carbocycles. The number of ketones is 1. The van der Waals surface area contributed by atoms with Crippen LogP contribution in [0.25, 0.3) is 0 Å². The summed E-state index contributed by atoms with van der Waals surface area (Å²) in [6.07, 6.45) is 6.10. The van der Waals surface area contributed by atoms with Crippen LogP contribution >= 0.6 is 30.3 Å². The molecule has 0 aliphatic carbocycles. The Hall–Kier alpha value is -0.760. The molecule has 0 atom stereocenters. The van der Waals surface area contributed by atoms with E-state index in [1.165, 1.54) is 0 Å². The van der Waals surface area contributed by atoms with Gasteiger partial charge < -0.3 is 9.21 Å². The van der Waals surface area contributed by atoms with Crippen LogP contribution < -0.4 is 4.31 Å². The summed E-state index contributed by atoms with van der Waals surface area (Å²) in [5.41, 5.74) is 2.49. The van der Waals surface area contributed by atoms with Crippen LogP contribution in [0.1, 0.15) is 16.8 Å². The second kappa shape index (κ2) is 5.92.